The second kappa shape index (κ2) is 12.3. The van der Waals surface area contributed by atoms with Crippen LogP contribution >= 0.6 is 23.2 Å². The van der Waals surface area contributed by atoms with E-state index in [2.05, 4.69) is 5.32 Å². The lowest BCUT2D eigenvalue weighted by molar-refractivity contribution is -0.139. The van der Waals surface area contributed by atoms with Crippen molar-refractivity contribution in [2.75, 3.05) is 13.2 Å². The summed E-state index contributed by atoms with van der Waals surface area (Å²) in [5.41, 5.74) is 3.13. The zero-order chi connectivity index (χ0) is 25.4. The van der Waals surface area contributed by atoms with E-state index in [0.717, 1.165) is 5.56 Å². The number of allylic oxidation sites excluding steroid dienone is 2. The molecule has 0 amide bonds. The Bertz CT molecular complexity index is 1240. The minimum Gasteiger partial charge on any atom is -0.461 e. The lowest BCUT2D eigenvalue weighted by Crippen LogP contribution is -2.32. The number of nitrogens with zero attached hydrogens (tertiary/aromatic N) is 1. The number of esters is 2. The molecule has 0 saturated heterocycles. The second-order valence-corrected chi connectivity index (χ2v) is 8.58. The van der Waals surface area contributed by atoms with Gasteiger partial charge >= 0.3 is 11.9 Å². The molecule has 35 heavy (non-hydrogen) atoms. The maximum atomic E-state index is 13.3. The van der Waals surface area contributed by atoms with Gasteiger partial charge in [0.05, 0.1) is 39.6 Å². The van der Waals surface area contributed by atoms with Crippen molar-refractivity contribution in [2.45, 2.75) is 26.2 Å². The molecular formula is C27H24Cl2N2O4. The molecule has 0 bridgehead atoms. The van der Waals surface area contributed by atoms with E-state index in [9.17, 15) is 9.59 Å². The van der Waals surface area contributed by atoms with E-state index in [1.165, 1.54) is 0 Å². The fourth-order valence-electron chi connectivity index (χ4n) is 3.78. The Morgan fingerprint density at radius 2 is 1.66 bits per heavy atom. The number of dihydropyridines is 1. The Morgan fingerprint density at radius 3 is 2.29 bits per heavy atom. The minimum atomic E-state index is -0.800. The van der Waals surface area contributed by atoms with Gasteiger partial charge in [-0.3, -0.25) is 0 Å². The predicted molar refractivity (Wildman–Crippen MR) is 135 cm³/mol. The number of nitriles is 1. The number of nitrogens with one attached hydrogen (secondary N) is 1. The van der Waals surface area contributed by atoms with Gasteiger partial charge < -0.3 is 14.8 Å². The Hall–Kier alpha value is -3.53. The van der Waals surface area contributed by atoms with Crippen LogP contribution in [0.1, 0.15) is 37.3 Å². The SMILES string of the molecule is CC1=C(C(=O)OC/C=C/c2ccccc2)C(c2ccc(Cl)c(Cl)c2)C(C(=O)OCCC#N)=C(C)N1. The molecule has 1 unspecified atom stereocenters. The van der Waals surface area contributed by atoms with Crippen LogP contribution < -0.4 is 5.32 Å². The first-order valence-electron chi connectivity index (χ1n) is 10.9. The van der Waals surface area contributed by atoms with Crippen molar-refractivity contribution >= 4 is 41.2 Å². The van der Waals surface area contributed by atoms with E-state index in [4.69, 9.17) is 37.9 Å². The topological polar surface area (TPSA) is 88.4 Å². The maximum Gasteiger partial charge on any atom is 0.337 e. The van der Waals surface area contributed by atoms with Gasteiger partial charge in [0.15, 0.2) is 0 Å². The van der Waals surface area contributed by atoms with Crippen molar-refractivity contribution in [3.8, 4) is 6.07 Å². The second-order valence-electron chi connectivity index (χ2n) is 7.76. The third-order valence-corrected chi connectivity index (χ3v) is 6.08. The predicted octanol–water partition coefficient (Wildman–Crippen LogP) is 5.94. The first-order chi connectivity index (χ1) is 16.8. The Kier molecular flexibility index (Phi) is 9.13. The maximum absolute atomic E-state index is 13.3. The molecule has 6 nitrogen and oxygen atoms in total. The Balaban J connectivity index is 1.92. The standard InChI is InChI=1S/C27H24Cl2N2O4/c1-17-23(26(32)34-14-6-10-19-8-4-3-5-9-19)25(20-11-12-21(28)22(29)16-20)24(18(2)31-17)27(33)35-15-7-13-30/h3-6,8-12,16,25,31H,7,14-15H2,1-2H3/b10-6+. The van der Waals surface area contributed by atoms with Gasteiger partial charge in [0.25, 0.3) is 0 Å². The number of carbonyl (C=O) groups excluding carboxylic acids is 2. The average molecular weight is 511 g/mol. The summed E-state index contributed by atoms with van der Waals surface area (Å²) in [5, 5.41) is 12.5. The molecule has 180 valence electrons. The number of hydrogen-bond donors (Lipinski definition) is 1. The van der Waals surface area contributed by atoms with Crippen LogP contribution in [0.4, 0.5) is 0 Å². The molecule has 1 heterocycles. The number of rotatable bonds is 8. The highest BCUT2D eigenvalue weighted by Crippen LogP contribution is 2.40. The number of ether oxygens (including phenoxy) is 2. The first kappa shape index (κ1) is 26.1. The van der Waals surface area contributed by atoms with Crippen LogP contribution in [-0.2, 0) is 19.1 Å². The highest BCUT2D eigenvalue weighted by Gasteiger charge is 2.38. The van der Waals surface area contributed by atoms with E-state index < -0.39 is 17.9 Å². The van der Waals surface area contributed by atoms with Gasteiger partial charge in [-0.1, -0.05) is 65.7 Å². The summed E-state index contributed by atoms with van der Waals surface area (Å²) in [7, 11) is 0. The fourth-order valence-corrected chi connectivity index (χ4v) is 4.08. The van der Waals surface area contributed by atoms with Crippen LogP contribution in [0.2, 0.25) is 10.0 Å². The smallest absolute Gasteiger partial charge is 0.337 e. The molecule has 0 aromatic heterocycles. The van der Waals surface area contributed by atoms with Crippen LogP contribution in [-0.4, -0.2) is 25.2 Å². The molecule has 3 rings (SSSR count). The fraction of sp³-hybridized carbons (Fsp3) is 0.222. The van der Waals surface area contributed by atoms with Crippen molar-refractivity contribution in [2.24, 2.45) is 0 Å². The van der Waals surface area contributed by atoms with E-state index in [0.29, 0.717) is 22.0 Å². The van der Waals surface area contributed by atoms with Crippen molar-refractivity contribution in [3.05, 3.63) is 98.3 Å². The molecule has 1 aliphatic heterocycles. The van der Waals surface area contributed by atoms with Crippen molar-refractivity contribution < 1.29 is 19.1 Å². The van der Waals surface area contributed by atoms with E-state index in [1.54, 1.807) is 38.1 Å². The molecule has 0 saturated carbocycles. The number of hydrogen-bond acceptors (Lipinski definition) is 6. The number of halogens is 2. The van der Waals surface area contributed by atoms with Crippen LogP contribution in [0.25, 0.3) is 6.08 Å². The summed E-state index contributed by atoms with van der Waals surface area (Å²) >= 11 is 12.4. The van der Waals surface area contributed by atoms with Gasteiger partial charge in [-0.25, -0.2) is 9.59 Å². The zero-order valence-electron chi connectivity index (χ0n) is 19.3. The van der Waals surface area contributed by atoms with Gasteiger partial charge in [0, 0.05) is 11.4 Å². The number of carbonyl (C=O) groups is 2. The lowest BCUT2D eigenvalue weighted by atomic mass is 9.80. The third-order valence-electron chi connectivity index (χ3n) is 5.34. The summed E-state index contributed by atoms with van der Waals surface area (Å²) in [4.78, 5) is 26.3. The average Bonchev–Trinajstić information content (AvgIpc) is 2.83. The molecule has 0 radical (unpaired) electrons. The van der Waals surface area contributed by atoms with Gasteiger partial charge in [0.2, 0.25) is 0 Å². The minimum absolute atomic E-state index is 0.0449. The van der Waals surface area contributed by atoms with E-state index in [1.807, 2.05) is 42.5 Å². The van der Waals surface area contributed by atoms with E-state index in [-0.39, 0.29) is 35.8 Å². The molecule has 2 aromatic rings. The molecule has 0 spiro atoms. The van der Waals surface area contributed by atoms with Crippen LogP contribution in [0.5, 0.6) is 0 Å². The summed E-state index contributed by atoms with van der Waals surface area (Å²) in [6, 6.07) is 16.5. The van der Waals surface area contributed by atoms with Gasteiger partial charge in [-0.15, -0.1) is 0 Å². The van der Waals surface area contributed by atoms with Crippen LogP contribution in [0.3, 0.4) is 0 Å². The lowest BCUT2D eigenvalue weighted by Gasteiger charge is -2.30. The summed E-state index contributed by atoms with van der Waals surface area (Å²) in [6.07, 6.45) is 3.65. The normalized spacial score (nSPS) is 15.6. The largest absolute Gasteiger partial charge is 0.461 e. The highest BCUT2D eigenvalue weighted by atomic mass is 35.5. The Labute approximate surface area is 214 Å². The van der Waals surface area contributed by atoms with Gasteiger partial charge in [-0.2, -0.15) is 5.26 Å². The molecule has 0 aliphatic carbocycles. The number of benzene rings is 2. The summed E-state index contributed by atoms with van der Waals surface area (Å²) in [6.45, 7) is 3.44. The highest BCUT2D eigenvalue weighted by molar-refractivity contribution is 6.42. The third kappa shape index (κ3) is 6.54. The quantitative estimate of drug-likeness (QED) is 0.349. The molecule has 2 aromatic carbocycles. The molecule has 1 N–H and O–H groups in total. The molecule has 1 atom stereocenters. The van der Waals surface area contributed by atoms with Gasteiger partial charge in [0.1, 0.15) is 13.2 Å². The van der Waals surface area contributed by atoms with Crippen LogP contribution in [0.15, 0.2) is 77.1 Å². The van der Waals surface area contributed by atoms with Crippen molar-refractivity contribution in [1.82, 2.24) is 5.32 Å². The molecular weight excluding hydrogens is 487 g/mol. The van der Waals surface area contributed by atoms with Crippen molar-refractivity contribution in [1.29, 1.82) is 5.26 Å². The van der Waals surface area contributed by atoms with Crippen molar-refractivity contribution in [3.63, 3.8) is 0 Å². The summed E-state index contributed by atoms with van der Waals surface area (Å²) in [5.74, 6) is -2.02. The molecule has 8 heteroatoms. The van der Waals surface area contributed by atoms with E-state index >= 15 is 0 Å². The zero-order valence-corrected chi connectivity index (χ0v) is 20.8. The Morgan fingerprint density at radius 1 is 1.00 bits per heavy atom. The van der Waals surface area contributed by atoms with Crippen LogP contribution in [0, 0.1) is 11.3 Å². The monoisotopic (exact) mass is 510 g/mol. The molecule has 0 fully saturated rings. The first-order valence-corrected chi connectivity index (χ1v) is 11.6. The summed E-state index contributed by atoms with van der Waals surface area (Å²) < 4.78 is 10.8. The van der Waals surface area contributed by atoms with Gasteiger partial charge in [-0.05, 0) is 43.2 Å². The molecule has 1 aliphatic rings.